The highest BCUT2D eigenvalue weighted by Crippen LogP contribution is 2.38. The summed E-state index contributed by atoms with van der Waals surface area (Å²) < 4.78 is 37.4. The van der Waals surface area contributed by atoms with Gasteiger partial charge in [-0.15, -0.1) is 0 Å². The Labute approximate surface area is 275 Å². The van der Waals surface area contributed by atoms with Crippen molar-refractivity contribution in [1.29, 1.82) is 0 Å². The quantitative estimate of drug-likeness (QED) is 0.169. The average Bonchev–Trinajstić information content (AvgIpc) is 3.39. The summed E-state index contributed by atoms with van der Waals surface area (Å²) in [5, 5.41) is 5.23. The SMILES string of the molecule is CC[Si](CC)(CC)OC(CN(Cc1cc(F)cc(F)c1)C(=O)c1cnn(C2CCC(C(C)=O)CC2)c1C)c1c(Cl)cncc1Cl. The van der Waals surface area contributed by atoms with Crippen molar-refractivity contribution in [3.63, 3.8) is 0 Å². The highest BCUT2D eigenvalue weighted by molar-refractivity contribution is 6.73. The van der Waals surface area contributed by atoms with E-state index < -0.39 is 26.1 Å². The molecule has 45 heavy (non-hydrogen) atoms. The third-order valence-corrected chi connectivity index (χ3v) is 14.7. The van der Waals surface area contributed by atoms with Gasteiger partial charge in [0, 0.05) is 42.2 Å². The Bertz CT molecular complexity index is 1460. The number of amides is 1. The molecule has 2 heterocycles. The summed E-state index contributed by atoms with van der Waals surface area (Å²) in [7, 11) is -2.28. The molecule has 1 aromatic carbocycles. The van der Waals surface area contributed by atoms with E-state index in [-0.39, 0.29) is 36.7 Å². The molecular weight excluding hydrogens is 637 g/mol. The van der Waals surface area contributed by atoms with Gasteiger partial charge in [-0.3, -0.25) is 19.3 Å². The number of pyridine rings is 1. The van der Waals surface area contributed by atoms with Crippen molar-refractivity contribution in [2.45, 2.75) is 97.1 Å². The van der Waals surface area contributed by atoms with Crippen LogP contribution < -0.4 is 0 Å². The fourth-order valence-electron chi connectivity index (χ4n) is 6.46. The Balaban J connectivity index is 1.74. The van der Waals surface area contributed by atoms with Crippen LogP contribution in [-0.4, -0.2) is 46.2 Å². The minimum Gasteiger partial charge on any atom is -0.408 e. The number of hydrogen-bond donors (Lipinski definition) is 0. The number of rotatable bonds is 13. The maximum Gasteiger partial charge on any atom is 0.257 e. The van der Waals surface area contributed by atoms with E-state index >= 15 is 0 Å². The van der Waals surface area contributed by atoms with E-state index in [0.29, 0.717) is 32.4 Å². The summed E-state index contributed by atoms with van der Waals surface area (Å²) in [5.41, 5.74) is 1.90. The standard InChI is InChI=1S/C33H42Cl2F2N4O3Si/c1-6-45(7-2,8-3)44-31(32-29(34)17-38-18-30(32)35)20-40(19-23-13-25(36)15-26(37)14-23)33(43)28-16-39-41(21(28)4)27-11-9-24(10-12-27)22(5)42/h13-18,24,27,31H,6-12,19-20H2,1-5H3. The number of hydrogen-bond acceptors (Lipinski definition) is 5. The number of carbonyl (C=O) groups excluding carboxylic acids is 2. The highest BCUT2D eigenvalue weighted by atomic mass is 35.5. The van der Waals surface area contributed by atoms with Gasteiger partial charge in [0.25, 0.3) is 5.91 Å². The third-order valence-electron chi connectivity index (χ3n) is 9.40. The summed E-state index contributed by atoms with van der Waals surface area (Å²) in [5.74, 6) is -1.55. The molecule has 1 atom stereocenters. The van der Waals surface area contributed by atoms with Crippen LogP contribution in [0.2, 0.25) is 28.2 Å². The van der Waals surface area contributed by atoms with Crippen molar-refractivity contribution < 1.29 is 22.8 Å². The van der Waals surface area contributed by atoms with Gasteiger partial charge in [0.05, 0.1) is 40.5 Å². The molecule has 0 bridgehead atoms. The van der Waals surface area contributed by atoms with Gasteiger partial charge in [-0.25, -0.2) is 8.78 Å². The highest BCUT2D eigenvalue weighted by Gasteiger charge is 2.36. The number of aromatic nitrogens is 3. The number of ketones is 1. The monoisotopic (exact) mass is 678 g/mol. The number of halogens is 4. The molecule has 3 aromatic rings. The molecular formula is C33H42Cl2F2N4O3Si. The van der Waals surface area contributed by atoms with E-state index in [9.17, 15) is 18.4 Å². The van der Waals surface area contributed by atoms with Gasteiger partial charge in [-0.1, -0.05) is 44.0 Å². The minimum absolute atomic E-state index is 0.0313. The van der Waals surface area contributed by atoms with Crippen molar-refractivity contribution in [2.24, 2.45) is 5.92 Å². The summed E-state index contributed by atoms with van der Waals surface area (Å²) in [6.07, 6.45) is 6.98. The Morgan fingerprint density at radius 2 is 1.58 bits per heavy atom. The van der Waals surface area contributed by atoms with Gasteiger partial charge in [0.1, 0.15) is 17.4 Å². The lowest BCUT2D eigenvalue weighted by Gasteiger charge is -2.37. The molecule has 7 nitrogen and oxygen atoms in total. The molecule has 1 aliphatic rings. The molecule has 1 amide bonds. The average molecular weight is 680 g/mol. The van der Waals surface area contributed by atoms with E-state index in [1.165, 1.54) is 29.4 Å². The summed E-state index contributed by atoms with van der Waals surface area (Å²) >= 11 is 13.3. The normalized spacial score (nSPS) is 17.7. The molecule has 0 radical (unpaired) electrons. The van der Waals surface area contributed by atoms with Crippen LogP contribution in [0.25, 0.3) is 0 Å². The van der Waals surface area contributed by atoms with Crippen LogP contribution in [0.3, 0.4) is 0 Å². The lowest BCUT2D eigenvalue weighted by Crippen LogP contribution is -2.42. The molecule has 0 spiro atoms. The summed E-state index contributed by atoms with van der Waals surface area (Å²) in [4.78, 5) is 31.9. The van der Waals surface area contributed by atoms with Gasteiger partial charge in [0.2, 0.25) is 0 Å². The van der Waals surface area contributed by atoms with Gasteiger partial charge in [-0.2, -0.15) is 5.10 Å². The molecule has 1 fully saturated rings. The predicted octanol–water partition coefficient (Wildman–Crippen LogP) is 8.90. The molecule has 0 saturated heterocycles. The van der Waals surface area contributed by atoms with Gasteiger partial charge in [0.15, 0.2) is 8.32 Å². The smallest absolute Gasteiger partial charge is 0.257 e. The Kier molecular flexibility index (Phi) is 12.0. The van der Waals surface area contributed by atoms with Crippen molar-refractivity contribution in [3.05, 3.63) is 80.9 Å². The van der Waals surface area contributed by atoms with Crippen molar-refractivity contribution in [3.8, 4) is 0 Å². The molecule has 4 rings (SSSR count). The molecule has 0 aliphatic heterocycles. The van der Waals surface area contributed by atoms with Crippen molar-refractivity contribution in [2.75, 3.05) is 6.54 Å². The Hall–Kier alpha value is -2.66. The fraction of sp³-hybridized carbons (Fsp3) is 0.515. The lowest BCUT2D eigenvalue weighted by atomic mass is 9.84. The minimum atomic E-state index is -2.28. The van der Waals surface area contributed by atoms with Gasteiger partial charge < -0.3 is 9.33 Å². The number of Topliss-reactive ketones (excluding diaryl/α,β-unsaturated/α-hetero) is 1. The van der Waals surface area contributed by atoms with E-state index in [0.717, 1.165) is 49.9 Å². The van der Waals surface area contributed by atoms with Crippen LogP contribution in [0.5, 0.6) is 0 Å². The van der Waals surface area contributed by atoms with Gasteiger partial charge >= 0.3 is 0 Å². The largest absolute Gasteiger partial charge is 0.408 e. The third kappa shape index (κ3) is 8.20. The van der Waals surface area contributed by atoms with E-state index in [1.807, 2.05) is 11.6 Å². The molecule has 1 aliphatic carbocycles. The second kappa shape index (κ2) is 15.3. The van der Waals surface area contributed by atoms with Crippen molar-refractivity contribution >= 4 is 43.2 Å². The second-order valence-corrected chi connectivity index (χ2v) is 17.6. The molecule has 1 saturated carbocycles. The predicted molar refractivity (Wildman–Crippen MR) is 175 cm³/mol. The topological polar surface area (TPSA) is 77.3 Å². The van der Waals surface area contributed by atoms with Crippen LogP contribution in [-0.2, 0) is 15.8 Å². The zero-order valence-electron chi connectivity index (χ0n) is 26.6. The molecule has 12 heteroatoms. The summed E-state index contributed by atoms with van der Waals surface area (Å²) in [6, 6.07) is 5.85. The van der Waals surface area contributed by atoms with E-state index in [4.69, 9.17) is 27.6 Å². The summed E-state index contributed by atoms with van der Waals surface area (Å²) in [6.45, 7) is 9.75. The first-order valence-corrected chi connectivity index (χ1v) is 19.0. The Morgan fingerprint density at radius 1 is 1.00 bits per heavy atom. The molecule has 1 unspecified atom stereocenters. The van der Waals surface area contributed by atoms with Crippen LogP contribution in [0.1, 0.15) is 92.7 Å². The van der Waals surface area contributed by atoms with Gasteiger partial charge in [-0.05, 0) is 75.4 Å². The van der Waals surface area contributed by atoms with Crippen LogP contribution in [0.15, 0.2) is 36.8 Å². The molecule has 2 aromatic heterocycles. The van der Waals surface area contributed by atoms with Crippen molar-refractivity contribution in [1.82, 2.24) is 19.7 Å². The van der Waals surface area contributed by atoms with Crippen LogP contribution >= 0.6 is 23.2 Å². The first-order chi connectivity index (χ1) is 21.4. The first kappa shape index (κ1) is 35.2. The maximum absolute atomic E-state index is 14.4. The van der Waals surface area contributed by atoms with Crippen LogP contribution in [0.4, 0.5) is 8.78 Å². The number of nitrogens with zero attached hydrogens (tertiary/aromatic N) is 4. The number of benzene rings is 1. The molecule has 0 N–H and O–H groups in total. The lowest BCUT2D eigenvalue weighted by molar-refractivity contribution is -0.121. The fourth-order valence-corrected chi connectivity index (χ4v) is 9.86. The van der Waals surface area contributed by atoms with Crippen LogP contribution in [0, 0.1) is 24.5 Å². The van der Waals surface area contributed by atoms with E-state index in [1.54, 1.807) is 13.1 Å². The number of carbonyl (C=O) groups is 2. The maximum atomic E-state index is 14.4. The first-order valence-electron chi connectivity index (χ1n) is 15.7. The Morgan fingerprint density at radius 3 is 2.11 bits per heavy atom. The second-order valence-electron chi connectivity index (χ2n) is 12.0. The molecule has 244 valence electrons. The zero-order valence-corrected chi connectivity index (χ0v) is 29.1. The van der Waals surface area contributed by atoms with E-state index in [2.05, 4.69) is 30.9 Å². The zero-order chi connectivity index (χ0) is 32.9.